The summed E-state index contributed by atoms with van der Waals surface area (Å²) in [4.78, 5) is 34.1. The van der Waals surface area contributed by atoms with Crippen molar-refractivity contribution in [2.45, 2.75) is 38.3 Å². The molecule has 1 aromatic heterocycles. The molecule has 0 spiro atoms. The molecule has 2 fully saturated rings. The molecule has 0 radical (unpaired) electrons. The van der Waals surface area contributed by atoms with Crippen LogP contribution in [0.3, 0.4) is 0 Å². The van der Waals surface area contributed by atoms with Crippen LogP contribution in [0, 0.1) is 11.7 Å². The fourth-order valence-electron chi connectivity index (χ4n) is 4.74. The van der Waals surface area contributed by atoms with Gasteiger partial charge in [0.25, 0.3) is 5.91 Å². The van der Waals surface area contributed by atoms with E-state index >= 15 is 0 Å². The van der Waals surface area contributed by atoms with E-state index in [1.54, 1.807) is 23.2 Å². The molecule has 6 nitrogen and oxygen atoms in total. The summed E-state index contributed by atoms with van der Waals surface area (Å²) in [6.45, 7) is 2.61. The van der Waals surface area contributed by atoms with Gasteiger partial charge in [0.15, 0.2) is 0 Å². The van der Waals surface area contributed by atoms with Crippen molar-refractivity contribution in [2.24, 2.45) is 5.92 Å². The Hall–Kier alpha value is -2.80. The van der Waals surface area contributed by atoms with Gasteiger partial charge in [0.2, 0.25) is 5.91 Å². The Kier molecular flexibility index (Phi) is 6.92. The Morgan fingerprint density at radius 1 is 1.03 bits per heavy atom. The minimum Gasteiger partial charge on any atom is -0.349 e. The van der Waals surface area contributed by atoms with E-state index in [1.165, 1.54) is 12.1 Å². The number of nitrogens with one attached hydrogen (secondary N) is 1. The fourth-order valence-corrected chi connectivity index (χ4v) is 4.74. The lowest BCUT2D eigenvalue weighted by Crippen LogP contribution is -2.58. The van der Waals surface area contributed by atoms with Crippen molar-refractivity contribution >= 4 is 11.8 Å². The second-order valence-electron chi connectivity index (χ2n) is 8.34. The van der Waals surface area contributed by atoms with Crippen LogP contribution in [0.25, 0.3) is 0 Å². The highest BCUT2D eigenvalue weighted by Gasteiger charge is 2.37. The molecule has 0 bridgehead atoms. The highest BCUT2D eigenvalue weighted by atomic mass is 19.1. The highest BCUT2D eigenvalue weighted by Crippen LogP contribution is 2.31. The van der Waals surface area contributed by atoms with Gasteiger partial charge >= 0.3 is 0 Å². The van der Waals surface area contributed by atoms with Crippen molar-refractivity contribution in [3.8, 4) is 0 Å². The predicted octanol–water partition coefficient (Wildman–Crippen LogP) is 2.85. The first-order valence-corrected chi connectivity index (χ1v) is 11.1. The van der Waals surface area contributed by atoms with Crippen molar-refractivity contribution in [3.63, 3.8) is 0 Å². The molecule has 1 unspecified atom stereocenters. The molecule has 2 aliphatic rings. The van der Waals surface area contributed by atoms with Gasteiger partial charge in [0, 0.05) is 32.4 Å². The number of aromatic nitrogens is 1. The fraction of sp³-hybridized carbons (Fsp3) is 0.458. The summed E-state index contributed by atoms with van der Waals surface area (Å²) in [6.07, 6.45) is 6.13. The van der Waals surface area contributed by atoms with E-state index in [-0.39, 0.29) is 23.4 Å². The Labute approximate surface area is 182 Å². The monoisotopic (exact) mass is 424 g/mol. The van der Waals surface area contributed by atoms with Gasteiger partial charge in [-0.2, -0.15) is 0 Å². The number of hydrogen-bond donors (Lipinski definition) is 1. The number of carbonyl (C=O) groups excluding carboxylic acids is 2. The predicted molar refractivity (Wildman–Crippen MR) is 116 cm³/mol. The topological polar surface area (TPSA) is 65.5 Å². The van der Waals surface area contributed by atoms with Crippen LogP contribution < -0.4 is 5.32 Å². The van der Waals surface area contributed by atoms with Crippen LogP contribution in [0.2, 0.25) is 0 Å². The van der Waals surface area contributed by atoms with Crippen LogP contribution in [-0.2, 0) is 11.3 Å². The summed E-state index contributed by atoms with van der Waals surface area (Å²) in [5, 5.41) is 3.07. The minimum absolute atomic E-state index is 0.0337. The van der Waals surface area contributed by atoms with E-state index in [0.29, 0.717) is 38.6 Å². The third-order valence-corrected chi connectivity index (χ3v) is 6.38. The summed E-state index contributed by atoms with van der Waals surface area (Å²) in [6, 6.07) is 11.6. The van der Waals surface area contributed by atoms with Gasteiger partial charge in [-0.15, -0.1) is 0 Å². The normalized spacial score (nSPS) is 18.7. The third kappa shape index (κ3) is 5.10. The zero-order valence-corrected chi connectivity index (χ0v) is 17.7. The van der Waals surface area contributed by atoms with Gasteiger partial charge in [0.1, 0.15) is 5.82 Å². The molecule has 1 atom stereocenters. The third-order valence-electron chi connectivity index (χ3n) is 6.38. The van der Waals surface area contributed by atoms with Gasteiger partial charge in [-0.05, 0) is 43.0 Å². The second-order valence-corrected chi connectivity index (χ2v) is 8.34. The molecule has 1 aliphatic heterocycles. The Balaban J connectivity index is 1.39. The van der Waals surface area contributed by atoms with Gasteiger partial charge in [-0.1, -0.05) is 31.0 Å². The van der Waals surface area contributed by atoms with E-state index in [1.807, 2.05) is 18.2 Å². The van der Waals surface area contributed by atoms with E-state index < -0.39 is 5.82 Å². The molecule has 2 aromatic rings. The van der Waals surface area contributed by atoms with Crippen LogP contribution in [-0.4, -0.2) is 58.8 Å². The van der Waals surface area contributed by atoms with Crippen LogP contribution in [0.15, 0.2) is 48.7 Å². The van der Waals surface area contributed by atoms with Crippen molar-refractivity contribution in [2.75, 3.05) is 26.2 Å². The van der Waals surface area contributed by atoms with Crippen molar-refractivity contribution < 1.29 is 14.0 Å². The first-order chi connectivity index (χ1) is 15.1. The SMILES string of the molecule is O=C(NCc1ccccn1)C(C1CCCC1)N1CCN(C(=O)c2ccccc2F)CC1. The molecular weight excluding hydrogens is 395 g/mol. The van der Waals surface area contributed by atoms with E-state index in [0.717, 1.165) is 31.4 Å². The smallest absolute Gasteiger partial charge is 0.256 e. The zero-order valence-electron chi connectivity index (χ0n) is 17.7. The number of rotatable bonds is 6. The number of pyridine rings is 1. The standard InChI is InChI=1S/C24H29FN4O2/c25-21-11-4-3-10-20(21)24(31)29-15-13-28(14-16-29)22(18-7-1-2-8-18)23(30)27-17-19-9-5-6-12-26-19/h3-6,9-12,18,22H,1-2,7-8,13-17H2,(H,27,30). The number of piperazine rings is 1. The first-order valence-electron chi connectivity index (χ1n) is 11.1. The molecule has 1 saturated carbocycles. The molecule has 164 valence electrons. The number of carbonyl (C=O) groups is 2. The average molecular weight is 425 g/mol. The van der Waals surface area contributed by atoms with Crippen LogP contribution >= 0.6 is 0 Å². The molecule has 31 heavy (non-hydrogen) atoms. The van der Waals surface area contributed by atoms with Crippen molar-refractivity contribution in [3.05, 3.63) is 65.7 Å². The van der Waals surface area contributed by atoms with Gasteiger partial charge < -0.3 is 10.2 Å². The molecule has 1 aliphatic carbocycles. The maximum absolute atomic E-state index is 14.0. The largest absolute Gasteiger partial charge is 0.349 e. The molecule has 1 aromatic carbocycles. The van der Waals surface area contributed by atoms with E-state index in [2.05, 4.69) is 15.2 Å². The maximum atomic E-state index is 14.0. The van der Waals surface area contributed by atoms with Crippen molar-refractivity contribution in [1.82, 2.24) is 20.1 Å². The Bertz CT molecular complexity index is 893. The molecule has 2 amide bonds. The Morgan fingerprint density at radius 2 is 1.74 bits per heavy atom. The lowest BCUT2D eigenvalue weighted by atomic mass is 9.95. The summed E-state index contributed by atoms with van der Waals surface area (Å²) in [7, 11) is 0. The highest BCUT2D eigenvalue weighted by molar-refractivity contribution is 5.94. The van der Waals surface area contributed by atoms with Crippen LogP contribution in [0.1, 0.15) is 41.7 Å². The molecular formula is C24H29FN4O2. The van der Waals surface area contributed by atoms with E-state index in [9.17, 15) is 14.0 Å². The molecule has 7 heteroatoms. The molecule has 1 N–H and O–H groups in total. The summed E-state index contributed by atoms with van der Waals surface area (Å²) in [5.74, 6) is -0.411. The number of benzene rings is 1. The molecule has 2 heterocycles. The summed E-state index contributed by atoms with van der Waals surface area (Å²) in [5.41, 5.74) is 0.942. The lowest BCUT2D eigenvalue weighted by Gasteiger charge is -2.40. The first kappa shape index (κ1) is 21.4. The number of halogens is 1. The molecule has 1 saturated heterocycles. The summed E-state index contributed by atoms with van der Waals surface area (Å²) < 4.78 is 14.0. The van der Waals surface area contributed by atoms with Gasteiger partial charge in [-0.25, -0.2) is 4.39 Å². The van der Waals surface area contributed by atoms with Gasteiger partial charge in [-0.3, -0.25) is 19.5 Å². The number of hydrogen-bond acceptors (Lipinski definition) is 4. The Morgan fingerprint density at radius 3 is 2.42 bits per heavy atom. The quantitative estimate of drug-likeness (QED) is 0.775. The van der Waals surface area contributed by atoms with Crippen molar-refractivity contribution in [1.29, 1.82) is 0 Å². The lowest BCUT2D eigenvalue weighted by molar-refractivity contribution is -0.129. The van der Waals surface area contributed by atoms with Crippen LogP contribution in [0.5, 0.6) is 0 Å². The minimum atomic E-state index is -0.493. The average Bonchev–Trinajstić information content (AvgIpc) is 3.33. The van der Waals surface area contributed by atoms with Gasteiger partial charge in [0.05, 0.1) is 23.8 Å². The second kappa shape index (κ2) is 10.0. The van der Waals surface area contributed by atoms with E-state index in [4.69, 9.17) is 0 Å². The summed E-state index contributed by atoms with van der Waals surface area (Å²) >= 11 is 0. The van der Waals surface area contributed by atoms with Crippen LogP contribution in [0.4, 0.5) is 4.39 Å². The maximum Gasteiger partial charge on any atom is 0.256 e. The zero-order chi connectivity index (χ0) is 21.6. The molecule has 4 rings (SSSR count). The number of amides is 2. The number of nitrogens with zero attached hydrogens (tertiary/aromatic N) is 3.